The molecule has 1 saturated carbocycles. The SMILES string of the molecule is CN(c1cc(C(F)(F)F)nc(Cl)n1)C1CCCCCC1. The van der Waals surface area contributed by atoms with Crippen LogP contribution in [0.5, 0.6) is 0 Å². The fourth-order valence-corrected chi connectivity index (χ4v) is 2.74. The summed E-state index contributed by atoms with van der Waals surface area (Å²) < 4.78 is 38.3. The molecule has 0 bridgehead atoms. The van der Waals surface area contributed by atoms with Gasteiger partial charge in [-0.15, -0.1) is 0 Å². The lowest BCUT2D eigenvalue weighted by Crippen LogP contribution is -2.32. The van der Waals surface area contributed by atoms with Crippen LogP contribution in [0.1, 0.15) is 44.2 Å². The van der Waals surface area contributed by atoms with Crippen LogP contribution in [0, 0.1) is 0 Å². The minimum atomic E-state index is -4.51. The summed E-state index contributed by atoms with van der Waals surface area (Å²) in [5, 5.41) is -0.365. The van der Waals surface area contributed by atoms with Gasteiger partial charge < -0.3 is 4.90 Å². The van der Waals surface area contributed by atoms with Gasteiger partial charge in [0.25, 0.3) is 0 Å². The number of halogens is 4. The van der Waals surface area contributed by atoms with E-state index in [9.17, 15) is 13.2 Å². The van der Waals surface area contributed by atoms with Crippen LogP contribution in [0.2, 0.25) is 5.28 Å². The average Bonchev–Trinajstić information content (AvgIpc) is 2.65. The molecule has 1 fully saturated rings. The summed E-state index contributed by atoms with van der Waals surface area (Å²) in [6, 6.07) is 1.18. The van der Waals surface area contributed by atoms with Gasteiger partial charge in [0.15, 0.2) is 5.69 Å². The third-order valence-electron chi connectivity index (χ3n) is 3.71. The Kier molecular flexibility index (Phi) is 4.73. The third-order valence-corrected chi connectivity index (χ3v) is 3.88. The molecule has 112 valence electrons. The van der Waals surface area contributed by atoms with Gasteiger partial charge in [-0.25, -0.2) is 9.97 Å². The lowest BCUT2D eigenvalue weighted by atomic mass is 10.1. The van der Waals surface area contributed by atoms with Crippen molar-refractivity contribution < 1.29 is 13.2 Å². The summed E-state index contributed by atoms with van der Waals surface area (Å²) in [7, 11) is 1.77. The summed E-state index contributed by atoms with van der Waals surface area (Å²) in [6.07, 6.45) is 2.00. The zero-order chi connectivity index (χ0) is 14.8. The molecule has 20 heavy (non-hydrogen) atoms. The van der Waals surface area contributed by atoms with Crippen LogP contribution < -0.4 is 4.90 Å². The smallest absolute Gasteiger partial charge is 0.357 e. The molecule has 0 amide bonds. The number of hydrogen-bond donors (Lipinski definition) is 0. The van der Waals surface area contributed by atoms with Crippen molar-refractivity contribution in [3.8, 4) is 0 Å². The Balaban J connectivity index is 2.24. The predicted octanol–water partition coefficient (Wildman–Crippen LogP) is 4.31. The van der Waals surface area contributed by atoms with Crippen molar-refractivity contribution in [3.05, 3.63) is 17.0 Å². The van der Waals surface area contributed by atoms with Gasteiger partial charge in [-0.1, -0.05) is 25.7 Å². The number of rotatable bonds is 2. The number of anilines is 1. The van der Waals surface area contributed by atoms with Crippen LogP contribution in [0.4, 0.5) is 19.0 Å². The van der Waals surface area contributed by atoms with E-state index < -0.39 is 11.9 Å². The molecule has 0 N–H and O–H groups in total. The van der Waals surface area contributed by atoms with E-state index in [4.69, 9.17) is 11.6 Å². The largest absolute Gasteiger partial charge is 0.433 e. The molecule has 0 aromatic carbocycles. The number of aromatic nitrogens is 2. The highest BCUT2D eigenvalue weighted by atomic mass is 35.5. The molecule has 3 nitrogen and oxygen atoms in total. The van der Waals surface area contributed by atoms with E-state index in [1.807, 2.05) is 0 Å². The highest BCUT2D eigenvalue weighted by Crippen LogP contribution is 2.32. The van der Waals surface area contributed by atoms with Gasteiger partial charge in [-0.05, 0) is 24.4 Å². The van der Waals surface area contributed by atoms with Gasteiger partial charge in [0.2, 0.25) is 5.28 Å². The Morgan fingerprint density at radius 2 is 1.75 bits per heavy atom. The summed E-state index contributed by atoms with van der Waals surface area (Å²) >= 11 is 5.62. The molecular formula is C13H17ClF3N3. The van der Waals surface area contributed by atoms with Crippen molar-refractivity contribution in [3.63, 3.8) is 0 Å². The molecule has 0 radical (unpaired) electrons. The van der Waals surface area contributed by atoms with E-state index in [1.165, 1.54) is 12.8 Å². The van der Waals surface area contributed by atoms with E-state index in [1.54, 1.807) is 11.9 Å². The van der Waals surface area contributed by atoms with E-state index in [0.29, 0.717) is 0 Å². The number of hydrogen-bond acceptors (Lipinski definition) is 3. The number of nitrogens with zero attached hydrogens (tertiary/aromatic N) is 3. The Morgan fingerprint density at radius 1 is 1.15 bits per heavy atom. The fourth-order valence-electron chi connectivity index (χ4n) is 2.56. The molecule has 7 heteroatoms. The fraction of sp³-hybridized carbons (Fsp3) is 0.692. The molecule has 1 aromatic rings. The van der Waals surface area contributed by atoms with Gasteiger partial charge in [0.1, 0.15) is 5.82 Å². The Labute approximate surface area is 121 Å². The Morgan fingerprint density at radius 3 is 2.30 bits per heavy atom. The van der Waals surface area contributed by atoms with Crippen LogP contribution in [-0.2, 0) is 6.18 Å². The minimum Gasteiger partial charge on any atom is -0.357 e. The molecule has 0 spiro atoms. The second-order valence-corrected chi connectivity index (χ2v) is 5.47. The molecule has 0 saturated heterocycles. The third kappa shape index (κ3) is 3.75. The Hall–Kier alpha value is -1.04. The molecule has 0 atom stereocenters. The molecule has 0 unspecified atom stereocenters. The summed E-state index contributed by atoms with van der Waals surface area (Å²) in [5.74, 6) is 0.240. The van der Waals surface area contributed by atoms with Crippen molar-refractivity contribution in [2.24, 2.45) is 0 Å². The second-order valence-electron chi connectivity index (χ2n) is 5.13. The van der Waals surface area contributed by atoms with Crippen LogP contribution in [0.15, 0.2) is 6.07 Å². The average molecular weight is 308 g/mol. The first-order chi connectivity index (χ1) is 9.38. The standard InChI is InChI=1S/C13H17ClF3N3/c1-20(9-6-4-2-3-5-7-9)11-8-10(13(15,16)17)18-12(14)19-11/h8-9H,2-7H2,1H3. The van der Waals surface area contributed by atoms with Crippen LogP contribution >= 0.6 is 11.6 Å². The molecule has 0 aliphatic heterocycles. The maximum absolute atomic E-state index is 12.8. The Bertz CT molecular complexity index is 457. The minimum absolute atomic E-state index is 0.213. The van der Waals surface area contributed by atoms with Gasteiger partial charge in [0, 0.05) is 19.2 Å². The van der Waals surface area contributed by atoms with Crippen LogP contribution in [0.25, 0.3) is 0 Å². The molecular weight excluding hydrogens is 291 g/mol. The molecule has 2 rings (SSSR count). The van der Waals surface area contributed by atoms with Crippen molar-refractivity contribution in [2.75, 3.05) is 11.9 Å². The zero-order valence-electron chi connectivity index (χ0n) is 11.3. The van der Waals surface area contributed by atoms with Crippen LogP contribution in [0.3, 0.4) is 0 Å². The van der Waals surface area contributed by atoms with Gasteiger partial charge in [-0.2, -0.15) is 13.2 Å². The van der Waals surface area contributed by atoms with Gasteiger partial charge in [-0.3, -0.25) is 0 Å². The summed E-state index contributed by atoms with van der Waals surface area (Å²) in [6.45, 7) is 0. The highest BCUT2D eigenvalue weighted by Gasteiger charge is 2.34. The zero-order valence-corrected chi connectivity index (χ0v) is 12.0. The quantitative estimate of drug-likeness (QED) is 0.602. The van der Waals surface area contributed by atoms with Gasteiger partial charge in [0.05, 0.1) is 0 Å². The first-order valence-corrected chi connectivity index (χ1v) is 7.10. The second kappa shape index (κ2) is 6.16. The van der Waals surface area contributed by atoms with Crippen molar-refractivity contribution in [2.45, 2.75) is 50.7 Å². The van der Waals surface area contributed by atoms with Crippen molar-refractivity contribution in [1.82, 2.24) is 9.97 Å². The topological polar surface area (TPSA) is 29.0 Å². The van der Waals surface area contributed by atoms with Crippen molar-refractivity contribution >= 4 is 17.4 Å². The lowest BCUT2D eigenvalue weighted by Gasteiger charge is -2.28. The molecule has 1 aromatic heterocycles. The summed E-state index contributed by atoms with van der Waals surface area (Å²) in [4.78, 5) is 8.99. The van der Waals surface area contributed by atoms with Gasteiger partial charge >= 0.3 is 6.18 Å². The first-order valence-electron chi connectivity index (χ1n) is 6.72. The van der Waals surface area contributed by atoms with Crippen molar-refractivity contribution in [1.29, 1.82) is 0 Å². The highest BCUT2D eigenvalue weighted by molar-refractivity contribution is 6.28. The summed E-state index contributed by atoms with van der Waals surface area (Å²) in [5.41, 5.74) is -0.993. The van der Waals surface area contributed by atoms with E-state index in [-0.39, 0.29) is 17.1 Å². The first kappa shape index (κ1) is 15.4. The van der Waals surface area contributed by atoms with E-state index in [0.717, 1.165) is 31.7 Å². The maximum Gasteiger partial charge on any atom is 0.433 e. The predicted molar refractivity (Wildman–Crippen MR) is 71.9 cm³/mol. The van der Waals surface area contributed by atoms with Crippen LogP contribution in [-0.4, -0.2) is 23.1 Å². The van der Waals surface area contributed by atoms with E-state index in [2.05, 4.69) is 9.97 Å². The molecule has 1 heterocycles. The van der Waals surface area contributed by atoms with E-state index >= 15 is 0 Å². The molecule has 1 aliphatic rings. The normalized spacial score (nSPS) is 17.9. The monoisotopic (exact) mass is 307 g/mol. The molecule has 1 aliphatic carbocycles. The number of alkyl halides is 3. The lowest BCUT2D eigenvalue weighted by molar-refractivity contribution is -0.141. The maximum atomic E-state index is 12.8.